The zero-order valence-electron chi connectivity index (χ0n) is 9.24. The van der Waals surface area contributed by atoms with E-state index in [0.717, 1.165) is 11.3 Å². The summed E-state index contributed by atoms with van der Waals surface area (Å²) in [6.45, 7) is 2.39. The molecule has 0 radical (unpaired) electrons. The number of nitrogens with zero attached hydrogens (tertiary/aromatic N) is 2. The molecule has 0 aliphatic heterocycles. The third-order valence-electron chi connectivity index (χ3n) is 2.32. The van der Waals surface area contributed by atoms with E-state index in [0.29, 0.717) is 16.8 Å². The first kappa shape index (κ1) is 12.0. The number of benzene rings is 1. The number of hydrogen-bond acceptors (Lipinski definition) is 3. The maximum absolute atomic E-state index is 13.4. The van der Waals surface area contributed by atoms with Crippen molar-refractivity contribution in [1.29, 1.82) is 0 Å². The van der Waals surface area contributed by atoms with Crippen molar-refractivity contribution >= 4 is 21.6 Å². The van der Waals surface area contributed by atoms with Crippen molar-refractivity contribution in [2.75, 3.05) is 5.32 Å². The first-order chi connectivity index (χ1) is 8.16. The van der Waals surface area contributed by atoms with E-state index in [9.17, 15) is 4.39 Å². The van der Waals surface area contributed by atoms with E-state index in [1.165, 1.54) is 6.07 Å². The molecule has 2 rings (SSSR count). The molecule has 0 aliphatic rings. The van der Waals surface area contributed by atoms with Gasteiger partial charge in [-0.05, 0) is 46.6 Å². The average Bonchev–Trinajstić information content (AvgIpc) is 2.33. The third kappa shape index (κ3) is 3.00. The predicted molar refractivity (Wildman–Crippen MR) is 68.2 cm³/mol. The van der Waals surface area contributed by atoms with E-state index in [-0.39, 0.29) is 5.82 Å². The molecule has 1 heterocycles. The molecule has 0 spiro atoms. The van der Waals surface area contributed by atoms with Gasteiger partial charge in [0.15, 0.2) is 0 Å². The third-order valence-corrected chi connectivity index (χ3v) is 2.93. The van der Waals surface area contributed by atoms with E-state index in [4.69, 9.17) is 0 Å². The molecule has 5 heteroatoms. The minimum Gasteiger partial charge on any atom is -0.377 e. The van der Waals surface area contributed by atoms with Crippen molar-refractivity contribution < 1.29 is 4.39 Å². The monoisotopic (exact) mass is 295 g/mol. The molecule has 0 fully saturated rings. The lowest BCUT2D eigenvalue weighted by Gasteiger charge is -2.09. The summed E-state index contributed by atoms with van der Waals surface area (Å²) in [5, 5.41) is 3.11. The number of anilines is 1. The number of hydrogen-bond donors (Lipinski definition) is 1. The van der Waals surface area contributed by atoms with Crippen LogP contribution < -0.4 is 5.32 Å². The highest BCUT2D eigenvalue weighted by Gasteiger charge is 2.05. The summed E-state index contributed by atoms with van der Waals surface area (Å²) >= 11 is 3.15. The second-order valence-corrected chi connectivity index (χ2v) is 4.45. The molecule has 17 heavy (non-hydrogen) atoms. The van der Waals surface area contributed by atoms with Crippen molar-refractivity contribution in [1.82, 2.24) is 9.97 Å². The molecule has 88 valence electrons. The fourth-order valence-electron chi connectivity index (χ4n) is 1.43. The Kier molecular flexibility index (Phi) is 3.68. The van der Waals surface area contributed by atoms with Crippen molar-refractivity contribution in [2.24, 2.45) is 0 Å². The minimum absolute atomic E-state index is 0.285. The van der Waals surface area contributed by atoms with Gasteiger partial charge in [0.05, 0.1) is 11.0 Å². The van der Waals surface area contributed by atoms with Gasteiger partial charge in [-0.15, -0.1) is 0 Å². The van der Waals surface area contributed by atoms with Gasteiger partial charge in [-0.3, -0.25) is 0 Å². The number of halogens is 2. The van der Waals surface area contributed by atoms with E-state index in [1.54, 1.807) is 24.5 Å². The van der Waals surface area contributed by atoms with Crippen LogP contribution in [0, 0.1) is 12.7 Å². The minimum atomic E-state index is -0.285. The smallest absolute Gasteiger partial charge is 0.147 e. The lowest BCUT2D eigenvalue weighted by atomic mass is 10.2. The number of aryl methyl sites for hydroxylation is 1. The summed E-state index contributed by atoms with van der Waals surface area (Å²) in [6.07, 6.45) is 3.36. The molecule has 0 atom stereocenters. The molecule has 0 saturated heterocycles. The molecule has 1 aromatic heterocycles. The van der Waals surface area contributed by atoms with Crippen molar-refractivity contribution in [3.8, 4) is 0 Å². The van der Waals surface area contributed by atoms with Crippen LogP contribution in [-0.4, -0.2) is 9.97 Å². The van der Waals surface area contributed by atoms with Crippen LogP contribution in [0.5, 0.6) is 0 Å². The van der Waals surface area contributed by atoms with Gasteiger partial charge in [-0.1, -0.05) is 0 Å². The molecule has 0 unspecified atom stereocenters. The Bertz CT molecular complexity index is 517. The van der Waals surface area contributed by atoms with E-state index in [1.807, 2.05) is 6.92 Å². The maximum Gasteiger partial charge on any atom is 0.147 e. The van der Waals surface area contributed by atoms with Crippen molar-refractivity contribution in [2.45, 2.75) is 13.5 Å². The van der Waals surface area contributed by atoms with Gasteiger partial charge in [-0.25, -0.2) is 14.4 Å². The molecule has 0 saturated carbocycles. The zero-order chi connectivity index (χ0) is 12.3. The first-order valence-corrected chi connectivity index (χ1v) is 5.91. The maximum atomic E-state index is 13.4. The summed E-state index contributed by atoms with van der Waals surface area (Å²) in [4.78, 5) is 8.17. The molecule has 1 N–H and O–H groups in total. The molecular weight excluding hydrogens is 285 g/mol. The molecule has 1 aromatic carbocycles. The first-order valence-electron chi connectivity index (χ1n) is 5.12. The topological polar surface area (TPSA) is 37.8 Å². The molecule has 2 aromatic rings. The lowest BCUT2D eigenvalue weighted by Crippen LogP contribution is -2.05. The fourth-order valence-corrected chi connectivity index (χ4v) is 1.89. The summed E-state index contributed by atoms with van der Waals surface area (Å²) in [7, 11) is 0. The molecular formula is C12H11BrFN3. The second kappa shape index (κ2) is 5.23. The molecule has 0 bridgehead atoms. The fraction of sp³-hybridized carbons (Fsp3) is 0.167. The van der Waals surface area contributed by atoms with Crippen LogP contribution in [0.4, 0.5) is 10.1 Å². The van der Waals surface area contributed by atoms with Crippen LogP contribution in [-0.2, 0) is 6.54 Å². The van der Waals surface area contributed by atoms with Crippen LogP contribution in [0.15, 0.2) is 35.1 Å². The van der Waals surface area contributed by atoms with Gasteiger partial charge in [0.1, 0.15) is 11.6 Å². The Balaban J connectivity index is 2.12. The van der Waals surface area contributed by atoms with Crippen molar-refractivity contribution in [3.05, 3.63) is 52.3 Å². The highest BCUT2D eigenvalue weighted by atomic mass is 79.9. The Labute approximate surface area is 107 Å². The van der Waals surface area contributed by atoms with E-state index < -0.39 is 0 Å². The van der Waals surface area contributed by atoms with Gasteiger partial charge < -0.3 is 5.32 Å². The van der Waals surface area contributed by atoms with Crippen LogP contribution in [0.25, 0.3) is 0 Å². The summed E-state index contributed by atoms with van der Waals surface area (Å²) < 4.78 is 13.8. The summed E-state index contributed by atoms with van der Waals surface area (Å²) in [6, 6.07) is 4.96. The zero-order valence-corrected chi connectivity index (χ0v) is 10.8. The largest absolute Gasteiger partial charge is 0.377 e. The Morgan fingerprint density at radius 3 is 2.71 bits per heavy atom. The highest BCUT2D eigenvalue weighted by Crippen LogP contribution is 2.24. The Hall–Kier alpha value is -1.49. The standard InChI is InChI=1S/C12H11BrFN3/c1-8-5-9(13)10(14)6-11(8)17-7-12-15-3-2-4-16-12/h2-6,17H,7H2,1H3. The van der Waals surface area contributed by atoms with Crippen LogP contribution in [0.1, 0.15) is 11.4 Å². The van der Waals surface area contributed by atoms with Gasteiger partial charge in [0.25, 0.3) is 0 Å². The quantitative estimate of drug-likeness (QED) is 0.944. The lowest BCUT2D eigenvalue weighted by molar-refractivity contribution is 0.621. The van der Waals surface area contributed by atoms with Gasteiger partial charge in [0.2, 0.25) is 0 Å². The highest BCUT2D eigenvalue weighted by molar-refractivity contribution is 9.10. The SMILES string of the molecule is Cc1cc(Br)c(F)cc1NCc1ncccn1. The van der Waals surface area contributed by atoms with Crippen LogP contribution in [0.2, 0.25) is 0 Å². The van der Waals surface area contributed by atoms with Crippen molar-refractivity contribution in [3.63, 3.8) is 0 Å². The molecule has 0 aliphatic carbocycles. The van der Waals surface area contributed by atoms with Gasteiger partial charge in [-0.2, -0.15) is 0 Å². The van der Waals surface area contributed by atoms with E-state index in [2.05, 4.69) is 31.2 Å². The Morgan fingerprint density at radius 2 is 2.00 bits per heavy atom. The summed E-state index contributed by atoms with van der Waals surface area (Å²) in [5.41, 5.74) is 1.72. The second-order valence-electron chi connectivity index (χ2n) is 3.60. The molecule has 3 nitrogen and oxygen atoms in total. The summed E-state index contributed by atoms with van der Waals surface area (Å²) in [5.74, 6) is 0.391. The van der Waals surface area contributed by atoms with Gasteiger partial charge >= 0.3 is 0 Å². The number of rotatable bonds is 3. The average molecular weight is 296 g/mol. The van der Waals surface area contributed by atoms with E-state index >= 15 is 0 Å². The number of nitrogens with one attached hydrogen (secondary N) is 1. The predicted octanol–water partition coefficient (Wildman–Crippen LogP) is 3.30. The van der Waals surface area contributed by atoms with Crippen LogP contribution in [0.3, 0.4) is 0 Å². The normalized spacial score (nSPS) is 10.3. The molecule has 0 amide bonds. The Morgan fingerprint density at radius 1 is 1.29 bits per heavy atom. The van der Waals surface area contributed by atoms with Gasteiger partial charge in [0, 0.05) is 18.1 Å². The van der Waals surface area contributed by atoms with Crippen LogP contribution >= 0.6 is 15.9 Å². The number of aromatic nitrogens is 2.